The normalized spacial score (nSPS) is 17.2. The van der Waals surface area contributed by atoms with Gasteiger partial charge in [0.2, 0.25) is 0 Å². The fourth-order valence-corrected chi connectivity index (χ4v) is 4.38. The molecule has 0 aliphatic carbocycles. The van der Waals surface area contributed by atoms with E-state index < -0.39 is 9.84 Å². The quantitative estimate of drug-likeness (QED) is 0.698. The summed E-state index contributed by atoms with van der Waals surface area (Å²) in [7, 11) is -3.49. The number of carbonyl (C=O) groups is 1. The van der Waals surface area contributed by atoms with Gasteiger partial charge in [0, 0.05) is 36.5 Å². The molecule has 28 heavy (non-hydrogen) atoms. The van der Waals surface area contributed by atoms with E-state index >= 15 is 0 Å². The molecule has 1 fully saturated rings. The van der Waals surface area contributed by atoms with E-state index in [0.717, 1.165) is 6.26 Å². The second-order valence-electron chi connectivity index (χ2n) is 6.78. The lowest BCUT2D eigenvalue weighted by molar-refractivity contribution is 0.0787. The first-order valence-electron chi connectivity index (χ1n) is 8.72. The van der Waals surface area contributed by atoms with Gasteiger partial charge in [-0.15, -0.1) is 0 Å². The summed E-state index contributed by atoms with van der Waals surface area (Å²) in [6.45, 7) is 0.942. The Morgan fingerprint density at radius 3 is 2.86 bits per heavy atom. The van der Waals surface area contributed by atoms with Crippen LogP contribution in [-0.2, 0) is 9.84 Å². The molecular formula is C19H18ClN3O4S. The van der Waals surface area contributed by atoms with Gasteiger partial charge in [0.05, 0.1) is 10.5 Å². The van der Waals surface area contributed by atoms with E-state index in [1.807, 2.05) is 0 Å². The number of carbonyl (C=O) groups excluding carboxylic acids is 1. The first kappa shape index (κ1) is 18.8. The van der Waals surface area contributed by atoms with Gasteiger partial charge in [-0.25, -0.2) is 8.42 Å². The summed E-state index contributed by atoms with van der Waals surface area (Å²) in [5.41, 5.74) is 1.48. The Hall–Kier alpha value is -2.58. The Balaban J connectivity index is 1.49. The van der Waals surface area contributed by atoms with E-state index in [0.29, 0.717) is 41.6 Å². The third-order valence-electron chi connectivity index (χ3n) is 4.67. The van der Waals surface area contributed by atoms with E-state index in [1.54, 1.807) is 41.3 Å². The van der Waals surface area contributed by atoms with Crippen LogP contribution in [0.3, 0.4) is 0 Å². The second-order valence-corrected chi connectivity index (χ2v) is 9.20. The van der Waals surface area contributed by atoms with Crippen molar-refractivity contribution in [3.63, 3.8) is 0 Å². The Kier molecular flexibility index (Phi) is 4.76. The second kappa shape index (κ2) is 7.10. The van der Waals surface area contributed by atoms with Crippen molar-refractivity contribution in [3.05, 3.63) is 53.1 Å². The summed E-state index contributed by atoms with van der Waals surface area (Å²) >= 11 is 5.96. The first-order valence-corrected chi connectivity index (χ1v) is 11.0. The molecule has 2 heterocycles. The van der Waals surface area contributed by atoms with Crippen LogP contribution >= 0.6 is 11.6 Å². The van der Waals surface area contributed by atoms with Crippen molar-refractivity contribution in [2.24, 2.45) is 0 Å². The smallest absolute Gasteiger partial charge is 0.295 e. The van der Waals surface area contributed by atoms with Crippen molar-refractivity contribution in [2.75, 3.05) is 24.7 Å². The number of nitrogens with zero attached hydrogens (tertiary/aromatic N) is 2. The van der Waals surface area contributed by atoms with Gasteiger partial charge < -0.3 is 14.6 Å². The molecule has 2 aromatic carbocycles. The minimum atomic E-state index is -3.49. The highest BCUT2D eigenvalue weighted by Crippen LogP contribution is 2.25. The lowest BCUT2D eigenvalue weighted by atomic mass is 10.2. The molecule has 0 radical (unpaired) electrons. The van der Waals surface area contributed by atoms with Crippen LogP contribution in [0.1, 0.15) is 16.8 Å². The van der Waals surface area contributed by atoms with Crippen LogP contribution in [0.4, 0.5) is 6.01 Å². The number of oxazole rings is 1. The van der Waals surface area contributed by atoms with Crippen LogP contribution in [0.5, 0.6) is 0 Å². The van der Waals surface area contributed by atoms with Crippen molar-refractivity contribution in [1.82, 2.24) is 9.88 Å². The van der Waals surface area contributed by atoms with Gasteiger partial charge in [-0.05, 0) is 30.7 Å². The maximum Gasteiger partial charge on any atom is 0.295 e. The molecule has 146 valence electrons. The predicted molar refractivity (Wildman–Crippen MR) is 107 cm³/mol. The number of anilines is 1. The third kappa shape index (κ3) is 3.70. The zero-order valence-electron chi connectivity index (χ0n) is 15.1. The molecular weight excluding hydrogens is 402 g/mol. The molecule has 1 aliphatic heterocycles. The molecule has 0 saturated carbocycles. The number of aromatic nitrogens is 1. The molecule has 0 unspecified atom stereocenters. The lowest BCUT2D eigenvalue weighted by Gasteiger charge is -2.18. The number of halogens is 1. The third-order valence-corrected chi connectivity index (χ3v) is 6.06. The van der Waals surface area contributed by atoms with E-state index in [9.17, 15) is 13.2 Å². The first-order chi connectivity index (χ1) is 13.3. The zero-order chi connectivity index (χ0) is 19.9. The lowest BCUT2D eigenvalue weighted by Crippen LogP contribution is -2.32. The molecule has 4 rings (SSSR count). The molecule has 1 atom stereocenters. The average Bonchev–Trinajstić information content (AvgIpc) is 3.26. The predicted octanol–water partition coefficient (Wildman–Crippen LogP) is 3.21. The summed E-state index contributed by atoms with van der Waals surface area (Å²) in [5, 5.41) is 3.76. The number of likely N-dealkylation sites (tertiary alicyclic amines) is 1. The van der Waals surface area contributed by atoms with E-state index in [4.69, 9.17) is 16.0 Å². The fourth-order valence-electron chi connectivity index (χ4n) is 3.33. The number of hydrogen-bond donors (Lipinski definition) is 1. The van der Waals surface area contributed by atoms with Gasteiger partial charge in [0.15, 0.2) is 15.4 Å². The Morgan fingerprint density at radius 1 is 1.29 bits per heavy atom. The Labute approximate surface area is 167 Å². The molecule has 1 aliphatic rings. The highest BCUT2D eigenvalue weighted by Gasteiger charge is 2.30. The van der Waals surface area contributed by atoms with Crippen LogP contribution in [0.2, 0.25) is 5.02 Å². The molecule has 9 heteroatoms. The van der Waals surface area contributed by atoms with Crippen LogP contribution < -0.4 is 5.32 Å². The topological polar surface area (TPSA) is 92.5 Å². The SMILES string of the molecule is CS(=O)(=O)c1ccccc1C(=O)N1CC[C@@H](Nc2nc3ccc(Cl)cc3o2)C1. The summed E-state index contributed by atoms with van der Waals surface area (Å²) in [5.74, 6) is -0.297. The number of benzene rings is 2. The van der Waals surface area contributed by atoms with Crippen LogP contribution in [0.15, 0.2) is 51.8 Å². The molecule has 0 spiro atoms. The van der Waals surface area contributed by atoms with Crippen molar-refractivity contribution < 1.29 is 17.6 Å². The number of fused-ring (bicyclic) bond motifs is 1. The van der Waals surface area contributed by atoms with Gasteiger partial charge in [0.1, 0.15) is 5.52 Å². The minimum Gasteiger partial charge on any atom is -0.423 e. The standard InChI is InChI=1S/C19H18ClN3O4S/c1-28(25,26)17-5-3-2-4-14(17)18(24)23-9-8-13(11-23)21-19-22-15-7-6-12(20)10-16(15)27-19/h2-7,10,13H,8-9,11H2,1H3,(H,21,22)/t13-/m1/s1. The summed E-state index contributed by atoms with van der Waals surface area (Å²) < 4.78 is 29.6. The zero-order valence-corrected chi connectivity index (χ0v) is 16.6. The largest absolute Gasteiger partial charge is 0.423 e. The minimum absolute atomic E-state index is 0.0436. The van der Waals surface area contributed by atoms with Crippen molar-refractivity contribution in [2.45, 2.75) is 17.4 Å². The molecule has 1 amide bonds. The van der Waals surface area contributed by atoms with Gasteiger partial charge in [-0.1, -0.05) is 23.7 Å². The summed E-state index contributed by atoms with van der Waals surface area (Å²) in [6.07, 6.45) is 1.80. The van der Waals surface area contributed by atoms with E-state index in [2.05, 4.69) is 10.3 Å². The molecule has 1 N–H and O–H groups in total. The van der Waals surface area contributed by atoms with Gasteiger partial charge in [-0.2, -0.15) is 4.98 Å². The van der Waals surface area contributed by atoms with Gasteiger partial charge in [-0.3, -0.25) is 4.79 Å². The molecule has 7 nitrogen and oxygen atoms in total. The van der Waals surface area contributed by atoms with Crippen molar-refractivity contribution in [3.8, 4) is 0 Å². The molecule has 1 saturated heterocycles. The monoisotopic (exact) mass is 419 g/mol. The van der Waals surface area contributed by atoms with Crippen LogP contribution in [0.25, 0.3) is 11.1 Å². The van der Waals surface area contributed by atoms with E-state index in [1.165, 1.54) is 6.07 Å². The van der Waals surface area contributed by atoms with E-state index in [-0.39, 0.29) is 22.4 Å². The number of amides is 1. The van der Waals surface area contributed by atoms with Crippen LogP contribution in [0, 0.1) is 0 Å². The number of nitrogens with one attached hydrogen (secondary N) is 1. The highest BCUT2D eigenvalue weighted by molar-refractivity contribution is 7.90. The summed E-state index contributed by atoms with van der Waals surface area (Å²) in [6, 6.07) is 11.8. The highest BCUT2D eigenvalue weighted by atomic mass is 35.5. The maximum atomic E-state index is 12.9. The number of hydrogen-bond acceptors (Lipinski definition) is 6. The van der Waals surface area contributed by atoms with Crippen molar-refractivity contribution in [1.29, 1.82) is 0 Å². The van der Waals surface area contributed by atoms with Crippen molar-refractivity contribution >= 4 is 44.5 Å². The summed E-state index contributed by atoms with van der Waals surface area (Å²) in [4.78, 5) is 18.9. The number of sulfone groups is 1. The Bertz CT molecular complexity index is 1160. The maximum absolute atomic E-state index is 12.9. The van der Waals surface area contributed by atoms with Gasteiger partial charge in [0.25, 0.3) is 11.9 Å². The Morgan fingerprint density at radius 2 is 2.07 bits per heavy atom. The number of rotatable bonds is 4. The molecule has 3 aromatic rings. The molecule has 1 aromatic heterocycles. The molecule has 0 bridgehead atoms. The average molecular weight is 420 g/mol. The van der Waals surface area contributed by atoms with Gasteiger partial charge >= 0.3 is 0 Å². The van der Waals surface area contributed by atoms with Crippen LogP contribution in [-0.4, -0.2) is 49.6 Å². The fraction of sp³-hybridized carbons (Fsp3) is 0.263.